The Kier molecular flexibility index (Phi) is 7.35. The van der Waals surface area contributed by atoms with Gasteiger partial charge in [-0.1, -0.05) is 40.5 Å². The van der Waals surface area contributed by atoms with Gasteiger partial charge in [-0.2, -0.15) is 0 Å². The fourth-order valence-electron chi connectivity index (χ4n) is 1.53. The molecule has 0 spiro atoms. The van der Waals surface area contributed by atoms with Crippen LogP contribution in [0.1, 0.15) is 53.9 Å². The normalized spacial score (nSPS) is 16.2. The van der Waals surface area contributed by atoms with Crippen molar-refractivity contribution in [3.63, 3.8) is 0 Å². The zero-order valence-electron chi connectivity index (χ0n) is 10.1. The molecule has 0 aromatic rings. The zero-order chi connectivity index (χ0) is 10.3. The minimum absolute atomic E-state index is 0.698. The first kappa shape index (κ1) is 13.0. The summed E-state index contributed by atoms with van der Waals surface area (Å²) in [5.41, 5.74) is 0. The third kappa shape index (κ3) is 7.06. The Bertz CT molecular complexity index is 110. The van der Waals surface area contributed by atoms with E-state index in [9.17, 15) is 0 Å². The molecule has 2 atom stereocenters. The highest BCUT2D eigenvalue weighted by Gasteiger charge is 2.07. The van der Waals surface area contributed by atoms with Gasteiger partial charge >= 0.3 is 0 Å². The second-order valence-electron chi connectivity index (χ2n) is 4.61. The zero-order valence-corrected chi connectivity index (χ0v) is 10.1. The van der Waals surface area contributed by atoms with Crippen LogP contribution in [0, 0.1) is 11.8 Å². The Morgan fingerprint density at radius 1 is 1.00 bits per heavy atom. The molecule has 0 aliphatic carbocycles. The van der Waals surface area contributed by atoms with Crippen molar-refractivity contribution < 1.29 is 0 Å². The van der Waals surface area contributed by atoms with E-state index < -0.39 is 0 Å². The molecule has 0 saturated carbocycles. The summed E-state index contributed by atoms with van der Waals surface area (Å²) in [5.74, 6) is 1.73. The maximum atomic E-state index is 3.45. The van der Waals surface area contributed by atoms with Gasteiger partial charge in [-0.3, -0.25) is 0 Å². The topological polar surface area (TPSA) is 12.0 Å². The fourth-order valence-corrected chi connectivity index (χ4v) is 1.53. The summed E-state index contributed by atoms with van der Waals surface area (Å²) >= 11 is 0. The molecule has 0 fully saturated rings. The van der Waals surface area contributed by atoms with E-state index in [1.807, 2.05) is 0 Å². The monoisotopic (exact) mass is 185 g/mol. The Balaban J connectivity index is 3.33. The molecule has 0 heterocycles. The molecule has 13 heavy (non-hydrogen) atoms. The molecule has 1 N–H and O–H groups in total. The first-order valence-corrected chi connectivity index (χ1v) is 5.81. The molecule has 80 valence electrons. The van der Waals surface area contributed by atoms with E-state index >= 15 is 0 Å². The van der Waals surface area contributed by atoms with E-state index in [1.165, 1.54) is 19.3 Å². The first-order valence-electron chi connectivity index (χ1n) is 5.81. The highest BCUT2D eigenvalue weighted by Crippen LogP contribution is 2.17. The maximum absolute atomic E-state index is 3.45. The van der Waals surface area contributed by atoms with Gasteiger partial charge in [0.25, 0.3) is 0 Å². The molecule has 0 aromatic heterocycles. The van der Waals surface area contributed by atoms with Gasteiger partial charge in [0, 0.05) is 6.04 Å². The second-order valence-corrected chi connectivity index (χ2v) is 4.61. The largest absolute Gasteiger partial charge is 0.315 e. The van der Waals surface area contributed by atoms with Gasteiger partial charge in [0.2, 0.25) is 0 Å². The highest BCUT2D eigenvalue weighted by molar-refractivity contribution is 4.62. The van der Waals surface area contributed by atoms with Crippen molar-refractivity contribution in [3.05, 3.63) is 0 Å². The van der Waals surface area contributed by atoms with Crippen molar-refractivity contribution >= 4 is 0 Å². The molecule has 1 heteroatoms. The van der Waals surface area contributed by atoms with Crippen molar-refractivity contribution in [3.8, 4) is 0 Å². The molecular weight excluding hydrogens is 158 g/mol. The van der Waals surface area contributed by atoms with E-state index in [-0.39, 0.29) is 0 Å². The van der Waals surface area contributed by atoms with Crippen LogP contribution in [0.5, 0.6) is 0 Å². The maximum Gasteiger partial charge on any atom is 0.00386 e. The van der Waals surface area contributed by atoms with Crippen molar-refractivity contribution in [2.75, 3.05) is 6.54 Å². The van der Waals surface area contributed by atoms with E-state index in [4.69, 9.17) is 0 Å². The summed E-state index contributed by atoms with van der Waals surface area (Å²) in [4.78, 5) is 0. The van der Waals surface area contributed by atoms with Crippen molar-refractivity contribution in [1.82, 2.24) is 5.32 Å². The molecule has 0 radical (unpaired) electrons. The van der Waals surface area contributed by atoms with E-state index in [2.05, 4.69) is 39.9 Å². The number of nitrogens with one attached hydrogen (secondary N) is 1. The number of hydrogen-bond donors (Lipinski definition) is 1. The Hall–Kier alpha value is -0.0400. The van der Waals surface area contributed by atoms with Gasteiger partial charge in [0.1, 0.15) is 0 Å². The number of hydrogen-bond acceptors (Lipinski definition) is 1. The fraction of sp³-hybridized carbons (Fsp3) is 1.00. The van der Waals surface area contributed by atoms with Gasteiger partial charge in [-0.15, -0.1) is 0 Å². The summed E-state index contributed by atoms with van der Waals surface area (Å²) in [6.07, 6.45) is 4.08. The summed E-state index contributed by atoms with van der Waals surface area (Å²) < 4.78 is 0. The standard InChI is InChI=1S/C12H27N/c1-6-13-12(5)9-7-8-11(4)10(2)3/h10-13H,6-9H2,1-5H3. The lowest BCUT2D eigenvalue weighted by atomic mass is 9.92. The average Bonchev–Trinajstić information content (AvgIpc) is 2.04. The predicted octanol–water partition coefficient (Wildman–Crippen LogP) is 3.45. The van der Waals surface area contributed by atoms with Gasteiger partial charge in [0.05, 0.1) is 0 Å². The van der Waals surface area contributed by atoms with Crippen molar-refractivity contribution in [2.24, 2.45) is 11.8 Å². The molecule has 0 amide bonds. The molecule has 0 aliphatic rings. The molecule has 2 unspecified atom stereocenters. The van der Waals surface area contributed by atoms with Crippen LogP contribution in [0.3, 0.4) is 0 Å². The van der Waals surface area contributed by atoms with Crippen LogP contribution >= 0.6 is 0 Å². The number of rotatable bonds is 7. The van der Waals surface area contributed by atoms with Crippen LogP contribution in [0.25, 0.3) is 0 Å². The third-order valence-electron chi connectivity index (χ3n) is 2.99. The summed E-state index contributed by atoms with van der Waals surface area (Å²) in [6, 6.07) is 0.698. The van der Waals surface area contributed by atoms with E-state index in [0.29, 0.717) is 6.04 Å². The molecule has 0 saturated heterocycles. The van der Waals surface area contributed by atoms with E-state index in [0.717, 1.165) is 18.4 Å². The van der Waals surface area contributed by atoms with E-state index in [1.54, 1.807) is 0 Å². The van der Waals surface area contributed by atoms with Crippen LogP contribution in [-0.4, -0.2) is 12.6 Å². The van der Waals surface area contributed by atoms with Gasteiger partial charge in [-0.05, 0) is 31.7 Å². The lowest BCUT2D eigenvalue weighted by molar-refractivity contribution is 0.365. The minimum Gasteiger partial charge on any atom is -0.315 e. The van der Waals surface area contributed by atoms with Crippen LogP contribution in [-0.2, 0) is 0 Å². The van der Waals surface area contributed by atoms with Gasteiger partial charge in [-0.25, -0.2) is 0 Å². The lowest BCUT2D eigenvalue weighted by Gasteiger charge is -2.17. The Morgan fingerprint density at radius 2 is 1.62 bits per heavy atom. The molecule has 1 nitrogen and oxygen atoms in total. The smallest absolute Gasteiger partial charge is 0.00386 e. The molecule has 0 aliphatic heterocycles. The molecule has 0 rings (SSSR count). The summed E-state index contributed by atoms with van der Waals surface area (Å²) in [6.45, 7) is 12.6. The van der Waals surface area contributed by atoms with Gasteiger partial charge in [0.15, 0.2) is 0 Å². The van der Waals surface area contributed by atoms with Crippen LogP contribution in [0.2, 0.25) is 0 Å². The lowest BCUT2D eigenvalue weighted by Crippen LogP contribution is -2.25. The summed E-state index contributed by atoms with van der Waals surface area (Å²) in [7, 11) is 0. The molecule has 0 aromatic carbocycles. The second kappa shape index (κ2) is 7.37. The van der Waals surface area contributed by atoms with Crippen molar-refractivity contribution in [1.29, 1.82) is 0 Å². The van der Waals surface area contributed by atoms with Gasteiger partial charge < -0.3 is 5.32 Å². The molecule has 0 bridgehead atoms. The third-order valence-corrected chi connectivity index (χ3v) is 2.99. The first-order chi connectivity index (χ1) is 6.07. The van der Waals surface area contributed by atoms with Crippen molar-refractivity contribution in [2.45, 2.75) is 59.9 Å². The average molecular weight is 185 g/mol. The van der Waals surface area contributed by atoms with Crippen LogP contribution in [0.4, 0.5) is 0 Å². The Labute approximate surface area is 84.3 Å². The minimum atomic E-state index is 0.698. The summed E-state index contributed by atoms with van der Waals surface area (Å²) in [5, 5.41) is 3.45. The Morgan fingerprint density at radius 3 is 2.08 bits per heavy atom. The predicted molar refractivity (Wildman–Crippen MR) is 61.0 cm³/mol. The van der Waals surface area contributed by atoms with Crippen LogP contribution in [0.15, 0.2) is 0 Å². The highest BCUT2D eigenvalue weighted by atomic mass is 14.9. The molecular formula is C12H27N. The SMILES string of the molecule is CCNC(C)CCCC(C)C(C)C. The van der Waals surface area contributed by atoms with Crippen LogP contribution < -0.4 is 5.32 Å². The quantitative estimate of drug-likeness (QED) is 0.640.